The van der Waals surface area contributed by atoms with Crippen LogP contribution in [0, 0.1) is 0 Å². The van der Waals surface area contributed by atoms with E-state index in [1.54, 1.807) is 17.0 Å². The Kier molecular flexibility index (Phi) is 3.54. The van der Waals surface area contributed by atoms with Crippen molar-refractivity contribution >= 4 is 17.5 Å². The minimum Gasteiger partial charge on any atom is -0.462 e. The highest BCUT2D eigenvalue weighted by Gasteiger charge is 2.42. The smallest absolute Gasteiger partial charge is 0.289 e. The van der Waals surface area contributed by atoms with E-state index in [0.717, 1.165) is 11.3 Å². The van der Waals surface area contributed by atoms with Gasteiger partial charge in [0.25, 0.3) is 5.91 Å². The standard InChI is InChI=1S/C17H16ClNO4/c18-13-3-4-14-12(10-13)11-22-17(23-14)5-7-19(8-6-17)16(20)15-2-1-9-21-15/h1-4,9-10H,5-8,11H2. The Morgan fingerprint density at radius 1 is 1.22 bits per heavy atom. The molecule has 5 nitrogen and oxygen atoms in total. The first-order valence-corrected chi connectivity index (χ1v) is 7.97. The molecular formula is C17H16ClNO4. The third kappa shape index (κ3) is 2.71. The number of hydrogen-bond acceptors (Lipinski definition) is 4. The fourth-order valence-corrected chi connectivity index (χ4v) is 3.25. The van der Waals surface area contributed by atoms with Crippen molar-refractivity contribution < 1.29 is 18.7 Å². The number of halogens is 1. The van der Waals surface area contributed by atoms with Crippen molar-refractivity contribution in [3.8, 4) is 5.75 Å². The second-order valence-corrected chi connectivity index (χ2v) is 6.26. The van der Waals surface area contributed by atoms with Crippen LogP contribution in [0.3, 0.4) is 0 Å². The largest absolute Gasteiger partial charge is 0.462 e. The van der Waals surface area contributed by atoms with E-state index < -0.39 is 5.79 Å². The van der Waals surface area contributed by atoms with Crippen LogP contribution in [0.5, 0.6) is 5.75 Å². The molecule has 0 unspecified atom stereocenters. The molecule has 3 heterocycles. The van der Waals surface area contributed by atoms with Gasteiger partial charge in [0, 0.05) is 36.5 Å². The highest BCUT2D eigenvalue weighted by Crippen LogP contribution is 2.38. The van der Waals surface area contributed by atoms with E-state index in [1.165, 1.54) is 6.26 Å². The molecule has 1 spiro atoms. The van der Waals surface area contributed by atoms with Gasteiger partial charge in [0.05, 0.1) is 12.9 Å². The number of carbonyl (C=O) groups excluding carboxylic acids is 1. The van der Waals surface area contributed by atoms with E-state index in [1.807, 2.05) is 18.2 Å². The monoisotopic (exact) mass is 333 g/mol. The van der Waals surface area contributed by atoms with E-state index in [9.17, 15) is 4.79 Å². The number of benzene rings is 1. The van der Waals surface area contributed by atoms with Gasteiger partial charge in [0.2, 0.25) is 5.79 Å². The molecule has 0 radical (unpaired) electrons. The first-order valence-electron chi connectivity index (χ1n) is 7.59. The maximum atomic E-state index is 12.3. The summed E-state index contributed by atoms with van der Waals surface area (Å²) >= 11 is 5.99. The van der Waals surface area contributed by atoms with Crippen molar-refractivity contribution in [1.29, 1.82) is 0 Å². The maximum absolute atomic E-state index is 12.3. The number of ether oxygens (including phenoxy) is 2. The molecule has 2 aliphatic rings. The summed E-state index contributed by atoms with van der Waals surface area (Å²) in [6.45, 7) is 1.62. The molecule has 0 atom stereocenters. The molecule has 120 valence electrons. The second-order valence-electron chi connectivity index (χ2n) is 5.82. The second kappa shape index (κ2) is 5.58. The van der Waals surface area contributed by atoms with Crippen LogP contribution in [0.1, 0.15) is 29.0 Å². The van der Waals surface area contributed by atoms with E-state index in [-0.39, 0.29) is 5.91 Å². The first kappa shape index (κ1) is 14.6. The van der Waals surface area contributed by atoms with Gasteiger partial charge in [-0.1, -0.05) is 11.6 Å². The lowest BCUT2D eigenvalue weighted by Crippen LogP contribution is -2.52. The predicted octanol–water partition coefficient (Wildman–Crippen LogP) is 3.47. The van der Waals surface area contributed by atoms with Crippen LogP contribution in [0.4, 0.5) is 0 Å². The normalized spacial score (nSPS) is 19.3. The summed E-state index contributed by atoms with van der Waals surface area (Å²) < 4.78 is 17.2. The Balaban J connectivity index is 1.45. The van der Waals surface area contributed by atoms with Crippen LogP contribution >= 0.6 is 11.6 Å². The number of amides is 1. The molecule has 4 rings (SSSR count). The van der Waals surface area contributed by atoms with Gasteiger partial charge in [0.1, 0.15) is 5.75 Å². The molecule has 0 aliphatic carbocycles. The Morgan fingerprint density at radius 3 is 2.78 bits per heavy atom. The molecule has 6 heteroatoms. The lowest BCUT2D eigenvalue weighted by atomic mass is 10.0. The molecule has 2 aromatic rings. The fraction of sp³-hybridized carbons (Fsp3) is 0.353. The third-order valence-electron chi connectivity index (χ3n) is 4.35. The molecule has 1 saturated heterocycles. The number of hydrogen-bond donors (Lipinski definition) is 0. The van der Waals surface area contributed by atoms with Gasteiger partial charge in [0.15, 0.2) is 5.76 Å². The average Bonchev–Trinajstić information content (AvgIpc) is 3.10. The van der Waals surface area contributed by atoms with E-state index in [0.29, 0.717) is 43.3 Å². The zero-order valence-corrected chi connectivity index (χ0v) is 13.2. The van der Waals surface area contributed by atoms with Gasteiger partial charge in [-0.25, -0.2) is 0 Å². The molecule has 0 N–H and O–H groups in total. The zero-order chi connectivity index (χ0) is 15.9. The third-order valence-corrected chi connectivity index (χ3v) is 4.59. The van der Waals surface area contributed by atoms with Crippen LogP contribution in [-0.2, 0) is 11.3 Å². The average molecular weight is 334 g/mol. The van der Waals surface area contributed by atoms with Crippen LogP contribution in [0.2, 0.25) is 5.02 Å². The van der Waals surface area contributed by atoms with Crippen molar-refractivity contribution in [1.82, 2.24) is 4.90 Å². The van der Waals surface area contributed by atoms with Crippen LogP contribution in [-0.4, -0.2) is 29.7 Å². The van der Waals surface area contributed by atoms with Gasteiger partial charge in [-0.2, -0.15) is 0 Å². The molecular weight excluding hydrogens is 318 g/mol. The topological polar surface area (TPSA) is 51.9 Å². The quantitative estimate of drug-likeness (QED) is 0.801. The summed E-state index contributed by atoms with van der Waals surface area (Å²) in [5.74, 6) is 0.437. The molecule has 1 fully saturated rings. The summed E-state index contributed by atoms with van der Waals surface area (Å²) in [4.78, 5) is 14.1. The number of furan rings is 1. The SMILES string of the molecule is O=C(c1ccco1)N1CCC2(CC1)OCc1cc(Cl)ccc1O2. The van der Waals surface area contributed by atoms with Gasteiger partial charge in [-0.05, 0) is 30.3 Å². The molecule has 0 saturated carbocycles. The number of piperidine rings is 1. The Bertz CT molecular complexity index is 720. The van der Waals surface area contributed by atoms with Crippen molar-refractivity contribution in [2.75, 3.05) is 13.1 Å². The molecule has 1 aromatic carbocycles. The fourth-order valence-electron chi connectivity index (χ4n) is 3.05. The zero-order valence-electron chi connectivity index (χ0n) is 12.5. The molecule has 2 aliphatic heterocycles. The summed E-state index contributed by atoms with van der Waals surface area (Å²) in [6, 6.07) is 8.95. The molecule has 23 heavy (non-hydrogen) atoms. The highest BCUT2D eigenvalue weighted by molar-refractivity contribution is 6.30. The number of likely N-dealkylation sites (tertiary alicyclic amines) is 1. The van der Waals surface area contributed by atoms with Crippen molar-refractivity contribution in [3.05, 3.63) is 52.9 Å². The van der Waals surface area contributed by atoms with E-state index in [2.05, 4.69) is 0 Å². The van der Waals surface area contributed by atoms with Crippen LogP contribution in [0.25, 0.3) is 0 Å². The van der Waals surface area contributed by atoms with Crippen molar-refractivity contribution in [3.63, 3.8) is 0 Å². The minimum atomic E-state index is -0.652. The summed E-state index contributed by atoms with van der Waals surface area (Å²) in [6.07, 6.45) is 2.76. The van der Waals surface area contributed by atoms with E-state index in [4.69, 9.17) is 25.5 Å². The lowest BCUT2D eigenvalue weighted by molar-refractivity contribution is -0.225. The summed E-state index contributed by atoms with van der Waals surface area (Å²) in [7, 11) is 0. The first-order chi connectivity index (χ1) is 11.2. The minimum absolute atomic E-state index is 0.0900. The van der Waals surface area contributed by atoms with Crippen LogP contribution in [0.15, 0.2) is 41.0 Å². The van der Waals surface area contributed by atoms with Gasteiger partial charge in [-0.3, -0.25) is 4.79 Å². The van der Waals surface area contributed by atoms with Crippen molar-refractivity contribution in [2.24, 2.45) is 0 Å². The maximum Gasteiger partial charge on any atom is 0.289 e. The van der Waals surface area contributed by atoms with Crippen LogP contribution < -0.4 is 4.74 Å². The Hall–Kier alpha value is -1.98. The Labute approximate surface area is 138 Å². The molecule has 0 bridgehead atoms. The molecule has 1 amide bonds. The highest BCUT2D eigenvalue weighted by atomic mass is 35.5. The number of carbonyl (C=O) groups is 1. The Morgan fingerprint density at radius 2 is 2.04 bits per heavy atom. The number of fused-ring (bicyclic) bond motifs is 1. The van der Waals surface area contributed by atoms with Gasteiger partial charge < -0.3 is 18.8 Å². The summed E-state index contributed by atoms with van der Waals surface area (Å²) in [5.41, 5.74) is 0.956. The predicted molar refractivity (Wildman–Crippen MR) is 83.4 cm³/mol. The number of rotatable bonds is 1. The van der Waals surface area contributed by atoms with Gasteiger partial charge in [-0.15, -0.1) is 0 Å². The van der Waals surface area contributed by atoms with E-state index >= 15 is 0 Å². The molecule has 1 aromatic heterocycles. The lowest BCUT2D eigenvalue weighted by Gasteiger charge is -2.43. The van der Waals surface area contributed by atoms with Crippen molar-refractivity contribution in [2.45, 2.75) is 25.2 Å². The van der Waals surface area contributed by atoms with Gasteiger partial charge >= 0.3 is 0 Å². The summed E-state index contributed by atoms with van der Waals surface area (Å²) in [5, 5.41) is 0.672. The number of nitrogens with zero attached hydrogens (tertiary/aromatic N) is 1.